The van der Waals surface area contributed by atoms with Crippen LogP contribution in [0.3, 0.4) is 0 Å². The van der Waals surface area contributed by atoms with E-state index in [1.807, 2.05) is 40.4 Å². The molecule has 3 heterocycles. The summed E-state index contributed by atoms with van der Waals surface area (Å²) >= 11 is 4.66. The molecule has 0 aliphatic carbocycles. The molecule has 1 N–H and O–H groups in total. The molecule has 24 heavy (non-hydrogen) atoms. The van der Waals surface area contributed by atoms with Crippen molar-refractivity contribution >= 4 is 45.9 Å². The fourth-order valence-electron chi connectivity index (χ4n) is 1.90. The number of hydrogen-bond acceptors (Lipinski definition) is 7. The molecule has 0 unspecified atom stereocenters. The third-order valence-corrected chi connectivity index (χ3v) is 5.82. The Hall–Kier alpha value is -2.03. The lowest BCUT2D eigenvalue weighted by molar-refractivity contribution is -0.147. The number of thiazole rings is 1. The van der Waals surface area contributed by atoms with Crippen molar-refractivity contribution in [1.29, 1.82) is 0 Å². The molecule has 1 amide bonds. The first-order valence-electron chi connectivity index (χ1n) is 7.13. The SMILES string of the molecule is O=C(COC(=O)Cc1csc(-c2cccs2)n1)NCc1cccs1. The minimum Gasteiger partial charge on any atom is -0.455 e. The van der Waals surface area contributed by atoms with E-state index >= 15 is 0 Å². The molecule has 0 radical (unpaired) electrons. The minimum atomic E-state index is -0.454. The van der Waals surface area contributed by atoms with Crippen LogP contribution in [0.15, 0.2) is 40.4 Å². The number of amides is 1. The van der Waals surface area contributed by atoms with E-state index in [0.29, 0.717) is 12.2 Å². The molecule has 0 saturated carbocycles. The number of nitrogens with zero attached hydrogens (tertiary/aromatic N) is 1. The zero-order chi connectivity index (χ0) is 16.8. The second-order valence-corrected chi connectivity index (χ2v) is 7.65. The van der Waals surface area contributed by atoms with Gasteiger partial charge in [-0.3, -0.25) is 9.59 Å². The van der Waals surface area contributed by atoms with E-state index in [1.54, 1.807) is 22.7 Å². The molecule has 3 aromatic rings. The number of ether oxygens (including phenoxy) is 1. The summed E-state index contributed by atoms with van der Waals surface area (Å²) < 4.78 is 5.00. The number of thiophene rings is 2. The first-order chi connectivity index (χ1) is 11.7. The molecule has 0 spiro atoms. The molecule has 0 aliphatic heterocycles. The highest BCUT2D eigenvalue weighted by Crippen LogP contribution is 2.27. The summed E-state index contributed by atoms with van der Waals surface area (Å²) in [5, 5.41) is 9.37. The van der Waals surface area contributed by atoms with Gasteiger partial charge in [-0.2, -0.15) is 0 Å². The van der Waals surface area contributed by atoms with Crippen molar-refractivity contribution < 1.29 is 14.3 Å². The lowest BCUT2D eigenvalue weighted by Gasteiger charge is -2.05. The molecule has 0 fully saturated rings. The monoisotopic (exact) mass is 378 g/mol. The summed E-state index contributed by atoms with van der Waals surface area (Å²) in [5.41, 5.74) is 0.660. The van der Waals surface area contributed by atoms with Crippen molar-refractivity contribution in [2.24, 2.45) is 0 Å². The van der Waals surface area contributed by atoms with E-state index in [4.69, 9.17) is 4.74 Å². The molecule has 0 bridgehead atoms. The smallest absolute Gasteiger partial charge is 0.312 e. The lowest BCUT2D eigenvalue weighted by atomic mass is 10.3. The molecular weight excluding hydrogens is 364 g/mol. The van der Waals surface area contributed by atoms with Crippen LogP contribution in [0.25, 0.3) is 9.88 Å². The Bertz CT molecular complexity index is 795. The van der Waals surface area contributed by atoms with Crippen molar-refractivity contribution in [2.45, 2.75) is 13.0 Å². The Morgan fingerprint density at radius 2 is 1.96 bits per heavy atom. The van der Waals surface area contributed by atoms with Gasteiger partial charge in [-0.05, 0) is 22.9 Å². The maximum Gasteiger partial charge on any atom is 0.312 e. The van der Waals surface area contributed by atoms with Crippen LogP contribution in [-0.4, -0.2) is 23.5 Å². The zero-order valence-electron chi connectivity index (χ0n) is 12.6. The zero-order valence-corrected chi connectivity index (χ0v) is 15.0. The number of hydrogen-bond donors (Lipinski definition) is 1. The highest BCUT2D eigenvalue weighted by atomic mass is 32.1. The summed E-state index contributed by atoms with van der Waals surface area (Å²) in [5.74, 6) is -0.765. The van der Waals surface area contributed by atoms with Crippen LogP contribution in [0.4, 0.5) is 0 Å². The average molecular weight is 379 g/mol. The second kappa shape index (κ2) is 8.18. The van der Waals surface area contributed by atoms with Crippen molar-refractivity contribution in [2.75, 3.05) is 6.61 Å². The third kappa shape index (κ3) is 4.73. The third-order valence-electron chi connectivity index (χ3n) is 3.01. The van der Waals surface area contributed by atoms with E-state index in [1.165, 1.54) is 11.3 Å². The fourth-order valence-corrected chi connectivity index (χ4v) is 4.17. The number of carbonyl (C=O) groups is 2. The van der Waals surface area contributed by atoms with Crippen LogP contribution < -0.4 is 5.32 Å². The first-order valence-corrected chi connectivity index (χ1v) is 9.77. The number of nitrogens with one attached hydrogen (secondary N) is 1. The maximum atomic E-state index is 11.8. The van der Waals surface area contributed by atoms with Crippen LogP contribution >= 0.6 is 34.0 Å². The van der Waals surface area contributed by atoms with Gasteiger partial charge in [0.05, 0.1) is 23.5 Å². The van der Waals surface area contributed by atoms with Crippen molar-refractivity contribution in [3.8, 4) is 9.88 Å². The number of rotatable bonds is 7. The molecule has 8 heteroatoms. The molecule has 0 atom stereocenters. The highest BCUT2D eigenvalue weighted by Gasteiger charge is 2.12. The van der Waals surface area contributed by atoms with Gasteiger partial charge in [0.25, 0.3) is 5.91 Å². The number of carbonyl (C=O) groups excluding carboxylic acids is 2. The summed E-state index contributed by atoms with van der Waals surface area (Å²) in [6, 6.07) is 7.81. The molecule has 124 valence electrons. The van der Waals surface area contributed by atoms with Crippen LogP contribution in [0.1, 0.15) is 10.6 Å². The van der Waals surface area contributed by atoms with E-state index < -0.39 is 5.97 Å². The van der Waals surface area contributed by atoms with E-state index in [9.17, 15) is 9.59 Å². The molecule has 0 aliphatic rings. The van der Waals surface area contributed by atoms with Gasteiger partial charge in [-0.1, -0.05) is 12.1 Å². The predicted octanol–water partition coefficient (Wildman–Crippen LogP) is 3.34. The predicted molar refractivity (Wildman–Crippen MR) is 96.3 cm³/mol. The van der Waals surface area contributed by atoms with Crippen molar-refractivity contribution in [1.82, 2.24) is 10.3 Å². The van der Waals surface area contributed by atoms with Crippen LogP contribution in [0.2, 0.25) is 0 Å². The number of aromatic nitrogens is 1. The summed E-state index contributed by atoms with van der Waals surface area (Å²) in [6.07, 6.45) is 0.0695. The van der Waals surface area contributed by atoms with Gasteiger partial charge < -0.3 is 10.1 Å². The highest BCUT2D eigenvalue weighted by molar-refractivity contribution is 7.20. The van der Waals surface area contributed by atoms with Gasteiger partial charge in [-0.15, -0.1) is 34.0 Å². The molecule has 3 rings (SSSR count). The summed E-state index contributed by atoms with van der Waals surface area (Å²) in [7, 11) is 0. The molecule has 5 nitrogen and oxygen atoms in total. The van der Waals surface area contributed by atoms with Gasteiger partial charge in [-0.25, -0.2) is 4.98 Å². The topological polar surface area (TPSA) is 68.3 Å². The average Bonchev–Trinajstić information content (AvgIpc) is 3.31. The molecule has 0 aromatic carbocycles. The van der Waals surface area contributed by atoms with Crippen LogP contribution in [0, 0.1) is 0 Å². The summed E-state index contributed by atoms with van der Waals surface area (Å²) in [6.45, 7) is 0.177. The quantitative estimate of drug-likeness (QED) is 0.640. The largest absolute Gasteiger partial charge is 0.455 e. The standard InChI is InChI=1S/C16H14N2O3S3/c19-14(17-8-12-3-1-5-22-12)9-21-15(20)7-11-10-24-16(18-11)13-4-2-6-23-13/h1-6,10H,7-9H2,(H,17,19). The number of esters is 1. The lowest BCUT2D eigenvalue weighted by Crippen LogP contribution is -2.28. The van der Waals surface area contributed by atoms with Gasteiger partial charge in [0.1, 0.15) is 5.01 Å². The van der Waals surface area contributed by atoms with E-state index in [0.717, 1.165) is 14.8 Å². The molecule has 3 aromatic heterocycles. The Morgan fingerprint density at radius 1 is 1.12 bits per heavy atom. The second-order valence-electron chi connectivity index (χ2n) is 4.81. The Kier molecular flexibility index (Phi) is 5.73. The van der Waals surface area contributed by atoms with E-state index in [2.05, 4.69) is 10.3 Å². The van der Waals surface area contributed by atoms with Gasteiger partial charge in [0.15, 0.2) is 6.61 Å². The first kappa shape index (κ1) is 16.8. The van der Waals surface area contributed by atoms with Crippen molar-refractivity contribution in [3.63, 3.8) is 0 Å². The molecule has 0 saturated heterocycles. The normalized spacial score (nSPS) is 10.5. The minimum absolute atomic E-state index is 0.0695. The Morgan fingerprint density at radius 3 is 2.71 bits per heavy atom. The fraction of sp³-hybridized carbons (Fsp3) is 0.188. The van der Waals surface area contributed by atoms with Crippen LogP contribution in [0.5, 0.6) is 0 Å². The van der Waals surface area contributed by atoms with Gasteiger partial charge >= 0.3 is 5.97 Å². The molecular formula is C16H14N2O3S3. The van der Waals surface area contributed by atoms with Crippen LogP contribution in [-0.2, 0) is 27.3 Å². The van der Waals surface area contributed by atoms with Crippen molar-refractivity contribution in [3.05, 3.63) is 51.0 Å². The van der Waals surface area contributed by atoms with E-state index in [-0.39, 0.29) is 18.9 Å². The Balaban J connectivity index is 1.41. The summed E-state index contributed by atoms with van der Waals surface area (Å²) in [4.78, 5) is 30.0. The Labute approximate surface area is 150 Å². The maximum absolute atomic E-state index is 11.8. The van der Waals surface area contributed by atoms with Gasteiger partial charge in [0.2, 0.25) is 0 Å². The van der Waals surface area contributed by atoms with Gasteiger partial charge in [0, 0.05) is 10.3 Å².